The van der Waals surface area contributed by atoms with E-state index in [-0.39, 0.29) is 18.0 Å². The Morgan fingerprint density at radius 1 is 1.29 bits per heavy atom. The van der Waals surface area contributed by atoms with Crippen LogP contribution >= 0.6 is 24.0 Å². The Bertz CT molecular complexity index is 798. The molecule has 1 aromatic carbocycles. The molecule has 4 saturated heterocycles. The van der Waals surface area contributed by atoms with E-state index in [4.69, 9.17) is 25.8 Å². The predicted molar refractivity (Wildman–Crippen MR) is 96.3 cm³/mol. The highest BCUT2D eigenvalue weighted by Crippen LogP contribution is 2.42. The maximum absolute atomic E-state index is 6.06. The maximum Gasteiger partial charge on any atom is 0.137 e. The summed E-state index contributed by atoms with van der Waals surface area (Å²) in [6.07, 6.45) is 4.87. The predicted octanol–water partition coefficient (Wildman–Crippen LogP) is 3.93. The van der Waals surface area contributed by atoms with Gasteiger partial charge in [-0.3, -0.25) is 10.3 Å². The zero-order chi connectivity index (χ0) is 15.4. The quantitative estimate of drug-likeness (QED) is 0.829. The second-order valence-electron chi connectivity index (χ2n) is 6.82. The minimum absolute atomic E-state index is 0. The van der Waals surface area contributed by atoms with Crippen LogP contribution in [-0.2, 0) is 4.84 Å². The first-order valence-electron chi connectivity index (χ1n) is 8.13. The Morgan fingerprint density at radius 3 is 2.88 bits per heavy atom. The fourth-order valence-electron chi connectivity index (χ4n) is 4.23. The normalized spacial score (nSPS) is 33.1. The lowest BCUT2D eigenvalue weighted by atomic mass is 9.74. The average molecular weight is 368 g/mol. The molecule has 2 aromatic rings. The number of furan rings is 1. The molecule has 2 bridgehead atoms. The number of fused-ring (bicyclic) bond motifs is 3. The summed E-state index contributed by atoms with van der Waals surface area (Å²) in [7, 11) is 0. The smallest absolute Gasteiger partial charge is 0.137 e. The summed E-state index contributed by atoms with van der Waals surface area (Å²) in [5.74, 6) is 1.54. The number of halogens is 2. The van der Waals surface area contributed by atoms with Crippen LogP contribution in [0.3, 0.4) is 0 Å². The van der Waals surface area contributed by atoms with Gasteiger partial charge >= 0.3 is 0 Å². The molecule has 128 valence electrons. The molecule has 4 fully saturated rings. The molecular weight excluding hydrogens is 349 g/mol. The fourth-order valence-corrected chi connectivity index (χ4v) is 4.43. The third-order valence-electron chi connectivity index (χ3n) is 5.44. The maximum atomic E-state index is 6.06. The van der Waals surface area contributed by atoms with Crippen LogP contribution < -0.4 is 5.48 Å². The SMILES string of the molecule is Cl.Clc1coc2cc(N=C3C[C@@]4(CN5CCC4CC5)ON3)ccc12. The molecular formula is C17H19Cl2N3O2. The number of hydroxylamine groups is 1. The second kappa shape index (κ2) is 5.92. The van der Waals surface area contributed by atoms with Crippen LogP contribution in [0, 0.1) is 5.92 Å². The molecule has 1 spiro atoms. The fraction of sp³-hybridized carbons (Fsp3) is 0.471. The van der Waals surface area contributed by atoms with Gasteiger partial charge in [0.25, 0.3) is 0 Å². The van der Waals surface area contributed by atoms with Crippen molar-refractivity contribution in [2.75, 3.05) is 19.6 Å². The number of benzene rings is 1. The third-order valence-corrected chi connectivity index (χ3v) is 5.73. The largest absolute Gasteiger partial charge is 0.463 e. The number of nitrogens with one attached hydrogen (secondary N) is 1. The van der Waals surface area contributed by atoms with E-state index in [1.54, 1.807) is 6.26 Å². The van der Waals surface area contributed by atoms with Gasteiger partial charge in [-0.25, -0.2) is 4.99 Å². The molecule has 5 nitrogen and oxygen atoms in total. The van der Waals surface area contributed by atoms with Crippen molar-refractivity contribution in [1.82, 2.24) is 10.4 Å². The van der Waals surface area contributed by atoms with Crippen molar-refractivity contribution in [3.05, 3.63) is 29.5 Å². The van der Waals surface area contributed by atoms with Gasteiger partial charge in [0.1, 0.15) is 23.3 Å². The molecule has 0 radical (unpaired) electrons. The van der Waals surface area contributed by atoms with Gasteiger partial charge in [-0.15, -0.1) is 12.4 Å². The number of hydrogen-bond donors (Lipinski definition) is 1. The summed E-state index contributed by atoms with van der Waals surface area (Å²) in [6, 6.07) is 5.82. The molecule has 7 heteroatoms. The molecule has 4 aliphatic rings. The Morgan fingerprint density at radius 2 is 2.12 bits per heavy atom. The van der Waals surface area contributed by atoms with E-state index >= 15 is 0 Å². The minimum Gasteiger partial charge on any atom is -0.463 e. The van der Waals surface area contributed by atoms with Gasteiger partial charge in [-0.1, -0.05) is 11.6 Å². The average Bonchev–Trinajstić information content (AvgIpc) is 3.13. The van der Waals surface area contributed by atoms with Crippen molar-refractivity contribution in [3.63, 3.8) is 0 Å². The van der Waals surface area contributed by atoms with Crippen LogP contribution in [0.2, 0.25) is 5.02 Å². The lowest BCUT2D eigenvalue weighted by molar-refractivity contribution is -0.150. The van der Waals surface area contributed by atoms with Crippen LogP contribution in [0.1, 0.15) is 19.3 Å². The van der Waals surface area contributed by atoms with Crippen LogP contribution in [-0.4, -0.2) is 36.0 Å². The number of rotatable bonds is 1. The summed E-state index contributed by atoms with van der Waals surface area (Å²) in [4.78, 5) is 13.2. The van der Waals surface area contributed by atoms with Crippen LogP contribution in [0.5, 0.6) is 0 Å². The number of amidine groups is 1. The standard InChI is InChI=1S/C17H18ClN3O2.ClH/c18-14-9-22-15-7-12(1-2-13(14)15)19-16-8-17(23-20-16)10-21-5-3-11(17)4-6-21;/h1-2,7,9,11H,3-6,8,10H2,(H,19,20);1H/t17-;/m0./s1. The number of hydrogen-bond acceptors (Lipinski definition) is 4. The van der Waals surface area contributed by atoms with Gasteiger partial charge < -0.3 is 9.32 Å². The van der Waals surface area contributed by atoms with Crippen LogP contribution in [0.15, 0.2) is 33.9 Å². The van der Waals surface area contributed by atoms with Crippen molar-refractivity contribution in [2.24, 2.45) is 10.9 Å². The van der Waals surface area contributed by atoms with Crippen molar-refractivity contribution in [1.29, 1.82) is 0 Å². The molecule has 1 N–H and O–H groups in total. The molecule has 6 rings (SSSR count). The molecule has 1 aromatic heterocycles. The zero-order valence-corrected chi connectivity index (χ0v) is 14.7. The Labute approximate surface area is 151 Å². The van der Waals surface area contributed by atoms with Crippen molar-refractivity contribution >= 4 is 46.5 Å². The van der Waals surface area contributed by atoms with Crippen LogP contribution in [0.25, 0.3) is 11.0 Å². The zero-order valence-electron chi connectivity index (χ0n) is 13.1. The number of piperidine rings is 3. The first-order chi connectivity index (χ1) is 11.2. The van der Waals surface area contributed by atoms with Gasteiger partial charge in [0.05, 0.1) is 10.7 Å². The van der Waals surface area contributed by atoms with E-state index in [9.17, 15) is 0 Å². The van der Waals surface area contributed by atoms with E-state index in [2.05, 4.69) is 10.4 Å². The van der Waals surface area contributed by atoms with Gasteiger partial charge in [-0.05, 0) is 44.0 Å². The van der Waals surface area contributed by atoms with Gasteiger partial charge in [0.15, 0.2) is 0 Å². The van der Waals surface area contributed by atoms with E-state index in [1.807, 2.05) is 18.2 Å². The van der Waals surface area contributed by atoms with Crippen molar-refractivity contribution in [2.45, 2.75) is 24.9 Å². The highest BCUT2D eigenvalue weighted by atomic mass is 35.5. The Balaban J connectivity index is 0.00000146. The molecule has 0 unspecified atom stereocenters. The van der Waals surface area contributed by atoms with E-state index in [0.717, 1.165) is 35.5 Å². The van der Waals surface area contributed by atoms with Crippen LogP contribution in [0.4, 0.5) is 5.69 Å². The first kappa shape index (κ1) is 16.2. The van der Waals surface area contributed by atoms with Gasteiger partial charge in [-0.2, -0.15) is 0 Å². The molecule has 4 aliphatic heterocycles. The Hall–Kier alpha value is -1.27. The summed E-state index contributed by atoms with van der Waals surface area (Å²) in [5.41, 5.74) is 4.59. The van der Waals surface area contributed by atoms with E-state index in [1.165, 1.54) is 25.9 Å². The molecule has 0 saturated carbocycles. The summed E-state index contributed by atoms with van der Waals surface area (Å²) >= 11 is 6.06. The summed E-state index contributed by atoms with van der Waals surface area (Å²) < 4.78 is 5.44. The number of nitrogens with zero attached hydrogens (tertiary/aromatic N) is 2. The molecule has 0 amide bonds. The lowest BCUT2D eigenvalue weighted by Crippen LogP contribution is -2.59. The highest BCUT2D eigenvalue weighted by molar-refractivity contribution is 6.35. The third kappa shape index (κ3) is 2.51. The monoisotopic (exact) mass is 367 g/mol. The summed E-state index contributed by atoms with van der Waals surface area (Å²) in [5, 5.41) is 1.55. The lowest BCUT2D eigenvalue weighted by Gasteiger charge is -2.49. The van der Waals surface area contributed by atoms with E-state index < -0.39 is 0 Å². The molecule has 5 heterocycles. The Kier molecular flexibility index (Phi) is 4.00. The minimum atomic E-state index is -0.0899. The van der Waals surface area contributed by atoms with E-state index in [0.29, 0.717) is 10.9 Å². The molecule has 1 atom stereocenters. The van der Waals surface area contributed by atoms with Crippen molar-refractivity contribution < 1.29 is 9.25 Å². The molecule has 24 heavy (non-hydrogen) atoms. The molecule has 0 aliphatic carbocycles. The summed E-state index contributed by atoms with van der Waals surface area (Å²) in [6.45, 7) is 3.42. The van der Waals surface area contributed by atoms with Gasteiger partial charge in [0, 0.05) is 24.4 Å². The second-order valence-corrected chi connectivity index (χ2v) is 7.23. The van der Waals surface area contributed by atoms with Crippen molar-refractivity contribution in [3.8, 4) is 0 Å². The first-order valence-corrected chi connectivity index (χ1v) is 8.50. The topological polar surface area (TPSA) is 50.0 Å². The number of aliphatic imine (C=N–C) groups is 1. The highest BCUT2D eigenvalue weighted by Gasteiger charge is 2.52. The van der Waals surface area contributed by atoms with Gasteiger partial charge in [0.2, 0.25) is 0 Å².